The van der Waals surface area contributed by atoms with Crippen LogP contribution in [0, 0.1) is 17.8 Å². The van der Waals surface area contributed by atoms with E-state index < -0.39 is 0 Å². The Kier molecular flexibility index (Phi) is 1.43. The van der Waals surface area contributed by atoms with Crippen LogP contribution in [0.15, 0.2) is 12.2 Å². The van der Waals surface area contributed by atoms with Gasteiger partial charge in [-0.15, -0.1) is 0 Å². The molecule has 13 heavy (non-hydrogen) atoms. The lowest BCUT2D eigenvalue weighted by Gasteiger charge is -2.22. The molecular weight excluding hydrogens is 166 g/mol. The van der Waals surface area contributed by atoms with Gasteiger partial charge in [-0.25, -0.2) is 4.79 Å². The summed E-state index contributed by atoms with van der Waals surface area (Å²) < 4.78 is 4.91. The van der Waals surface area contributed by atoms with E-state index in [1.165, 1.54) is 12.8 Å². The Hall–Kier alpha value is -0.990. The molecule has 3 heteroatoms. The van der Waals surface area contributed by atoms with Gasteiger partial charge < -0.3 is 10.1 Å². The Bertz CT molecular complexity index is 274. The molecule has 1 aliphatic heterocycles. The number of carbonyl (C=O) groups is 1. The molecule has 1 saturated heterocycles. The van der Waals surface area contributed by atoms with E-state index in [1.807, 2.05) is 0 Å². The van der Waals surface area contributed by atoms with Crippen LogP contribution in [-0.2, 0) is 4.74 Å². The number of amides is 1. The zero-order chi connectivity index (χ0) is 8.84. The highest BCUT2D eigenvalue weighted by Crippen LogP contribution is 2.45. The summed E-state index contributed by atoms with van der Waals surface area (Å²) in [6.45, 7) is 0.570. The highest BCUT2D eigenvalue weighted by molar-refractivity contribution is 5.69. The van der Waals surface area contributed by atoms with E-state index in [4.69, 9.17) is 4.74 Å². The van der Waals surface area contributed by atoms with Gasteiger partial charge in [-0.1, -0.05) is 12.2 Å². The Morgan fingerprint density at radius 2 is 2.31 bits per heavy atom. The summed E-state index contributed by atoms with van der Waals surface area (Å²) in [5, 5.41) is 2.89. The fourth-order valence-corrected chi connectivity index (χ4v) is 2.92. The van der Waals surface area contributed by atoms with Crippen LogP contribution in [0.2, 0.25) is 0 Å². The van der Waals surface area contributed by atoms with Crippen LogP contribution < -0.4 is 5.32 Å². The number of cyclic esters (lactones) is 1. The summed E-state index contributed by atoms with van der Waals surface area (Å²) in [4.78, 5) is 10.9. The van der Waals surface area contributed by atoms with Crippen LogP contribution in [0.5, 0.6) is 0 Å². The Morgan fingerprint density at radius 3 is 2.85 bits per heavy atom. The number of allylic oxidation sites excluding steroid dienone is 2. The van der Waals surface area contributed by atoms with Crippen molar-refractivity contribution in [3.63, 3.8) is 0 Å². The Balaban J connectivity index is 1.73. The summed E-state index contributed by atoms with van der Waals surface area (Å²) in [6.07, 6.45) is 6.91. The predicted molar refractivity (Wildman–Crippen MR) is 47.1 cm³/mol. The average molecular weight is 179 g/mol. The number of carbonyl (C=O) groups excluding carboxylic acids is 1. The molecule has 4 atom stereocenters. The largest absolute Gasteiger partial charge is 0.447 e. The van der Waals surface area contributed by atoms with Gasteiger partial charge >= 0.3 is 6.09 Å². The average Bonchev–Trinajstić information content (AvgIpc) is 2.77. The molecule has 0 spiro atoms. The fourth-order valence-electron chi connectivity index (χ4n) is 2.92. The monoisotopic (exact) mass is 179 g/mol. The molecule has 0 radical (unpaired) electrons. The van der Waals surface area contributed by atoms with Gasteiger partial charge in [0.25, 0.3) is 0 Å². The van der Waals surface area contributed by atoms with Gasteiger partial charge in [0.2, 0.25) is 0 Å². The molecule has 3 rings (SSSR count). The van der Waals surface area contributed by atoms with Crippen LogP contribution in [0.4, 0.5) is 4.79 Å². The van der Waals surface area contributed by atoms with Gasteiger partial charge in [-0.2, -0.15) is 0 Å². The summed E-state index contributed by atoms with van der Waals surface area (Å²) in [5.41, 5.74) is 0. The fraction of sp³-hybridized carbons (Fsp3) is 0.700. The number of hydrogen-bond acceptors (Lipinski definition) is 2. The molecule has 1 amide bonds. The van der Waals surface area contributed by atoms with E-state index in [0.717, 1.165) is 5.92 Å². The van der Waals surface area contributed by atoms with Crippen molar-refractivity contribution in [3.05, 3.63) is 12.2 Å². The van der Waals surface area contributed by atoms with Crippen molar-refractivity contribution < 1.29 is 9.53 Å². The highest BCUT2D eigenvalue weighted by atomic mass is 16.6. The minimum atomic E-state index is -0.239. The minimum absolute atomic E-state index is 0.239. The first-order valence-electron chi connectivity index (χ1n) is 4.94. The van der Waals surface area contributed by atoms with E-state index in [9.17, 15) is 4.79 Å². The third kappa shape index (κ3) is 1.06. The van der Waals surface area contributed by atoms with Gasteiger partial charge in [0.15, 0.2) is 0 Å². The van der Waals surface area contributed by atoms with Crippen molar-refractivity contribution in [1.29, 1.82) is 0 Å². The second-order valence-electron chi connectivity index (χ2n) is 4.29. The molecule has 0 aromatic rings. The second-order valence-corrected chi connectivity index (χ2v) is 4.29. The lowest BCUT2D eigenvalue weighted by atomic mass is 9.87. The van der Waals surface area contributed by atoms with E-state index in [2.05, 4.69) is 17.5 Å². The molecule has 1 heterocycles. The standard InChI is InChI=1S/C10H13NO2/c12-10-11-9(5-13-10)8-4-6-1-2-7(8)3-6/h1-2,6-9H,3-5H2,(H,11,12). The molecule has 3 aliphatic rings. The lowest BCUT2D eigenvalue weighted by Crippen LogP contribution is -2.36. The molecule has 2 aliphatic carbocycles. The van der Waals surface area contributed by atoms with Crippen molar-refractivity contribution >= 4 is 6.09 Å². The maximum Gasteiger partial charge on any atom is 0.407 e. The number of ether oxygens (including phenoxy) is 1. The van der Waals surface area contributed by atoms with Crippen molar-refractivity contribution in [3.8, 4) is 0 Å². The molecular formula is C10H13NO2. The first-order valence-corrected chi connectivity index (χ1v) is 4.94. The smallest absolute Gasteiger partial charge is 0.407 e. The topological polar surface area (TPSA) is 38.3 Å². The number of fused-ring (bicyclic) bond motifs is 2. The molecule has 2 bridgehead atoms. The van der Waals surface area contributed by atoms with E-state index >= 15 is 0 Å². The maximum atomic E-state index is 10.9. The molecule has 1 saturated carbocycles. The number of nitrogens with one attached hydrogen (secondary N) is 1. The highest BCUT2D eigenvalue weighted by Gasteiger charge is 2.42. The van der Waals surface area contributed by atoms with Gasteiger partial charge in [0.1, 0.15) is 6.61 Å². The van der Waals surface area contributed by atoms with Gasteiger partial charge in [0.05, 0.1) is 6.04 Å². The first kappa shape index (κ1) is 7.42. The molecule has 0 aromatic heterocycles. The van der Waals surface area contributed by atoms with Gasteiger partial charge in [0, 0.05) is 0 Å². The summed E-state index contributed by atoms with van der Waals surface area (Å²) in [6, 6.07) is 0.271. The van der Waals surface area contributed by atoms with Crippen LogP contribution in [-0.4, -0.2) is 18.7 Å². The maximum absolute atomic E-state index is 10.9. The number of rotatable bonds is 1. The Morgan fingerprint density at radius 1 is 1.38 bits per heavy atom. The van der Waals surface area contributed by atoms with Crippen molar-refractivity contribution in [2.24, 2.45) is 17.8 Å². The van der Waals surface area contributed by atoms with Crippen LogP contribution >= 0.6 is 0 Å². The summed E-state index contributed by atoms with van der Waals surface area (Å²) >= 11 is 0. The second kappa shape index (κ2) is 2.50. The van der Waals surface area contributed by atoms with Crippen LogP contribution in [0.1, 0.15) is 12.8 Å². The lowest BCUT2D eigenvalue weighted by molar-refractivity contribution is 0.174. The molecule has 70 valence electrons. The summed E-state index contributed by atoms with van der Waals surface area (Å²) in [7, 11) is 0. The third-order valence-electron chi connectivity index (χ3n) is 3.54. The zero-order valence-electron chi connectivity index (χ0n) is 7.40. The molecule has 1 N–H and O–H groups in total. The quantitative estimate of drug-likeness (QED) is 0.616. The molecule has 4 unspecified atom stereocenters. The third-order valence-corrected chi connectivity index (χ3v) is 3.54. The zero-order valence-corrected chi connectivity index (χ0v) is 7.40. The minimum Gasteiger partial charge on any atom is -0.447 e. The van der Waals surface area contributed by atoms with Crippen molar-refractivity contribution in [2.45, 2.75) is 18.9 Å². The normalized spacial score (nSPS) is 46.6. The SMILES string of the molecule is O=C1NC(C2CC3C=CC2C3)CO1. The van der Waals surface area contributed by atoms with Crippen molar-refractivity contribution in [1.82, 2.24) is 5.32 Å². The van der Waals surface area contributed by atoms with Crippen molar-refractivity contribution in [2.75, 3.05) is 6.61 Å². The van der Waals surface area contributed by atoms with Gasteiger partial charge in [-0.3, -0.25) is 0 Å². The molecule has 2 fully saturated rings. The first-order chi connectivity index (χ1) is 6.33. The van der Waals surface area contributed by atoms with E-state index in [1.54, 1.807) is 0 Å². The van der Waals surface area contributed by atoms with Crippen LogP contribution in [0.3, 0.4) is 0 Å². The summed E-state index contributed by atoms with van der Waals surface area (Å²) in [5.74, 6) is 2.09. The molecule has 3 nitrogen and oxygen atoms in total. The van der Waals surface area contributed by atoms with Gasteiger partial charge in [-0.05, 0) is 30.6 Å². The van der Waals surface area contributed by atoms with Crippen LogP contribution in [0.25, 0.3) is 0 Å². The van der Waals surface area contributed by atoms with E-state index in [0.29, 0.717) is 18.4 Å². The number of hydrogen-bond donors (Lipinski definition) is 1. The number of alkyl carbamates (subject to hydrolysis) is 1. The predicted octanol–water partition coefficient (Wildman–Crippen LogP) is 1.31. The van der Waals surface area contributed by atoms with E-state index in [-0.39, 0.29) is 12.1 Å². The Labute approximate surface area is 77.1 Å². The molecule has 0 aromatic carbocycles.